The van der Waals surface area contributed by atoms with Crippen molar-refractivity contribution in [2.75, 3.05) is 10.2 Å². The van der Waals surface area contributed by atoms with Crippen molar-refractivity contribution in [3.8, 4) is 11.6 Å². The number of carbonyl (C=O) groups excluding carboxylic acids is 2. The fourth-order valence-corrected chi connectivity index (χ4v) is 3.78. The number of ether oxygens (including phenoxy) is 2. The lowest BCUT2D eigenvalue weighted by Crippen LogP contribution is -2.45. The normalized spacial score (nSPS) is 14.4. The zero-order chi connectivity index (χ0) is 27.6. The molecule has 12 heteroatoms. The van der Waals surface area contributed by atoms with Crippen LogP contribution in [0.2, 0.25) is 0 Å². The number of rotatable bonds is 6. The number of carboxylic acid groups (broad SMARTS) is 1. The summed E-state index contributed by atoms with van der Waals surface area (Å²) in [5, 5.41) is 23.1. The Kier molecular flexibility index (Phi) is 6.98. The molecule has 0 spiro atoms. The number of carboxylic acids is 1. The van der Waals surface area contributed by atoms with Crippen LogP contribution in [0.25, 0.3) is 0 Å². The summed E-state index contributed by atoms with van der Waals surface area (Å²) in [6, 6.07) is 12.0. The van der Waals surface area contributed by atoms with Crippen molar-refractivity contribution in [3.63, 3.8) is 0 Å². The van der Waals surface area contributed by atoms with Gasteiger partial charge in [0.15, 0.2) is 0 Å². The van der Waals surface area contributed by atoms with E-state index >= 15 is 0 Å². The van der Waals surface area contributed by atoms with Crippen molar-refractivity contribution < 1.29 is 33.9 Å². The van der Waals surface area contributed by atoms with Crippen molar-refractivity contribution in [1.29, 1.82) is 0 Å². The van der Waals surface area contributed by atoms with Crippen LogP contribution in [-0.4, -0.2) is 44.6 Å². The van der Waals surface area contributed by atoms with Gasteiger partial charge in [0.05, 0.1) is 22.5 Å². The number of aromatic nitrogens is 1. The molecule has 0 radical (unpaired) electrons. The number of hydrogen-bond acceptors (Lipinski definition) is 8. The fourth-order valence-electron chi connectivity index (χ4n) is 3.78. The van der Waals surface area contributed by atoms with Crippen molar-refractivity contribution in [1.82, 2.24) is 4.98 Å². The molecule has 1 unspecified atom stereocenters. The molecule has 1 atom stereocenters. The third-order valence-corrected chi connectivity index (χ3v) is 5.47. The van der Waals surface area contributed by atoms with E-state index in [0.717, 1.165) is 4.90 Å². The summed E-state index contributed by atoms with van der Waals surface area (Å²) in [6.07, 6.45) is 0.734. The Labute approximate surface area is 217 Å². The lowest BCUT2D eigenvalue weighted by Gasteiger charge is -2.27. The summed E-state index contributed by atoms with van der Waals surface area (Å²) in [5.74, 6) is -1.11. The van der Waals surface area contributed by atoms with Gasteiger partial charge in [0, 0.05) is 36.2 Å². The molecule has 4 rings (SSSR count). The number of amides is 2. The minimum absolute atomic E-state index is 0.121. The number of nitro benzene ring substituents is 1. The van der Waals surface area contributed by atoms with Gasteiger partial charge in [-0.25, -0.2) is 14.6 Å². The Balaban J connectivity index is 1.47. The number of nitro groups is 1. The van der Waals surface area contributed by atoms with E-state index < -0.39 is 34.5 Å². The van der Waals surface area contributed by atoms with Gasteiger partial charge in [-0.1, -0.05) is 6.07 Å². The number of nitrogens with zero attached hydrogens (tertiary/aromatic N) is 3. The molecule has 3 aromatic rings. The van der Waals surface area contributed by atoms with Crippen molar-refractivity contribution in [3.05, 3.63) is 82.0 Å². The summed E-state index contributed by atoms with van der Waals surface area (Å²) in [7, 11) is 0. The molecule has 1 aromatic heterocycles. The Hall–Kier alpha value is -5.00. The minimum Gasteiger partial charge on any atom is -0.480 e. The van der Waals surface area contributed by atoms with Crippen LogP contribution in [0.3, 0.4) is 0 Å². The van der Waals surface area contributed by atoms with Crippen LogP contribution in [0, 0.1) is 10.1 Å². The first-order valence-electron chi connectivity index (χ1n) is 11.5. The van der Waals surface area contributed by atoms with E-state index in [2.05, 4.69) is 10.3 Å². The highest BCUT2D eigenvalue weighted by Crippen LogP contribution is 2.37. The highest BCUT2D eigenvalue weighted by atomic mass is 16.6. The van der Waals surface area contributed by atoms with E-state index in [-0.39, 0.29) is 23.6 Å². The summed E-state index contributed by atoms with van der Waals surface area (Å²) < 4.78 is 11.2. The highest BCUT2D eigenvalue weighted by Gasteiger charge is 2.41. The van der Waals surface area contributed by atoms with Gasteiger partial charge in [-0.2, -0.15) is 0 Å². The van der Waals surface area contributed by atoms with E-state index in [9.17, 15) is 29.6 Å². The number of fused-ring (bicyclic) bond motifs is 1. The number of nitrogens with one attached hydrogen (secondary N) is 1. The Morgan fingerprint density at radius 2 is 1.82 bits per heavy atom. The van der Waals surface area contributed by atoms with E-state index in [1.54, 1.807) is 45.0 Å². The van der Waals surface area contributed by atoms with Crippen LogP contribution < -0.4 is 15.0 Å². The summed E-state index contributed by atoms with van der Waals surface area (Å²) >= 11 is 0. The molecular weight excluding hydrogens is 496 g/mol. The van der Waals surface area contributed by atoms with E-state index in [1.165, 1.54) is 36.5 Å². The van der Waals surface area contributed by atoms with Crippen LogP contribution >= 0.6 is 0 Å². The third kappa shape index (κ3) is 5.86. The number of anilines is 2. The van der Waals surface area contributed by atoms with Gasteiger partial charge in [0.2, 0.25) is 5.88 Å². The molecule has 2 amide bonds. The molecule has 2 N–H and O–H groups in total. The van der Waals surface area contributed by atoms with E-state index in [1.807, 2.05) is 0 Å². The first-order valence-corrected chi connectivity index (χ1v) is 11.5. The number of pyridine rings is 1. The lowest BCUT2D eigenvalue weighted by molar-refractivity contribution is -0.384. The lowest BCUT2D eigenvalue weighted by atomic mass is 10.1. The Morgan fingerprint density at radius 3 is 2.39 bits per heavy atom. The largest absolute Gasteiger partial charge is 0.480 e. The SMILES string of the molecule is CC(C)(C)OC(=O)N1c2cc(Oc3ccc(NC(=O)c4ccc([N+](=O)[O-])cc4)cn3)ccc2CC1C(=O)O. The molecule has 0 fully saturated rings. The maximum atomic E-state index is 12.8. The third-order valence-electron chi connectivity index (χ3n) is 5.47. The number of benzene rings is 2. The molecule has 0 aliphatic carbocycles. The molecular formula is C26H24N4O8. The molecule has 0 saturated heterocycles. The van der Waals surface area contributed by atoms with Crippen molar-refractivity contribution >= 4 is 35.0 Å². The highest BCUT2D eigenvalue weighted by molar-refractivity contribution is 6.04. The zero-order valence-corrected chi connectivity index (χ0v) is 20.7. The molecule has 2 aromatic carbocycles. The van der Waals surface area contributed by atoms with Crippen LogP contribution in [0.4, 0.5) is 21.9 Å². The van der Waals surface area contributed by atoms with Crippen LogP contribution in [-0.2, 0) is 16.0 Å². The summed E-state index contributed by atoms with van der Waals surface area (Å²) in [5.41, 5.74) is 0.711. The molecule has 38 heavy (non-hydrogen) atoms. The average molecular weight is 520 g/mol. The van der Waals surface area contributed by atoms with E-state index in [0.29, 0.717) is 22.7 Å². The van der Waals surface area contributed by atoms with Crippen LogP contribution in [0.1, 0.15) is 36.7 Å². The van der Waals surface area contributed by atoms with Gasteiger partial charge in [0.25, 0.3) is 11.6 Å². The molecule has 2 heterocycles. The van der Waals surface area contributed by atoms with Gasteiger partial charge < -0.3 is 19.9 Å². The Bertz CT molecular complexity index is 1400. The first kappa shape index (κ1) is 26.1. The van der Waals surface area contributed by atoms with Crippen LogP contribution in [0.5, 0.6) is 11.6 Å². The smallest absolute Gasteiger partial charge is 0.415 e. The second-order valence-electron chi connectivity index (χ2n) is 9.44. The molecule has 0 bridgehead atoms. The molecule has 12 nitrogen and oxygen atoms in total. The van der Waals surface area contributed by atoms with Crippen molar-refractivity contribution in [2.45, 2.75) is 38.8 Å². The number of carbonyl (C=O) groups is 3. The minimum atomic E-state index is -1.15. The quantitative estimate of drug-likeness (QED) is 0.344. The van der Waals surface area contributed by atoms with Gasteiger partial charge in [-0.15, -0.1) is 0 Å². The molecule has 0 saturated carbocycles. The first-order chi connectivity index (χ1) is 17.9. The standard InChI is InChI=1S/C26H24N4O8/c1-26(2,3)38-25(34)29-20-13-19(10-6-16(20)12-21(29)24(32)33)37-22-11-7-17(14-27-22)28-23(31)15-4-8-18(9-5-15)30(35)36/h4-11,13-14,21H,12H2,1-3H3,(H,28,31)(H,32,33). The average Bonchev–Trinajstić information content (AvgIpc) is 3.24. The summed E-state index contributed by atoms with van der Waals surface area (Å²) in [6.45, 7) is 5.09. The van der Waals surface area contributed by atoms with Gasteiger partial charge in [-0.05, 0) is 50.6 Å². The Morgan fingerprint density at radius 1 is 1.11 bits per heavy atom. The second-order valence-corrected chi connectivity index (χ2v) is 9.44. The number of aliphatic carboxylic acids is 1. The predicted octanol–water partition coefficient (Wildman–Crippen LogP) is 4.79. The number of hydrogen-bond donors (Lipinski definition) is 2. The maximum absolute atomic E-state index is 12.8. The maximum Gasteiger partial charge on any atom is 0.415 e. The fraction of sp³-hybridized carbons (Fsp3) is 0.231. The topological polar surface area (TPSA) is 161 Å². The number of non-ortho nitro benzene ring substituents is 1. The van der Waals surface area contributed by atoms with Gasteiger partial charge in [-0.3, -0.25) is 19.8 Å². The van der Waals surface area contributed by atoms with Crippen molar-refractivity contribution in [2.24, 2.45) is 0 Å². The molecule has 1 aliphatic heterocycles. The van der Waals surface area contributed by atoms with Gasteiger partial charge >= 0.3 is 12.1 Å². The monoisotopic (exact) mass is 520 g/mol. The zero-order valence-electron chi connectivity index (χ0n) is 20.7. The second kappa shape index (κ2) is 10.2. The summed E-state index contributed by atoms with van der Waals surface area (Å²) in [4.78, 5) is 52.5. The molecule has 1 aliphatic rings. The van der Waals surface area contributed by atoms with Crippen LogP contribution in [0.15, 0.2) is 60.8 Å². The molecule has 196 valence electrons. The predicted molar refractivity (Wildman–Crippen MR) is 136 cm³/mol. The van der Waals surface area contributed by atoms with Gasteiger partial charge in [0.1, 0.15) is 17.4 Å². The van der Waals surface area contributed by atoms with E-state index in [4.69, 9.17) is 9.47 Å².